The SMILES string of the molecule is COc1ccc(CN2CCC(C)C2CCl)c(F)c1. The third-order valence-electron chi connectivity index (χ3n) is 3.79. The number of hydrogen-bond donors (Lipinski definition) is 0. The molecule has 2 nitrogen and oxygen atoms in total. The van der Waals surface area contributed by atoms with Crippen molar-refractivity contribution in [2.75, 3.05) is 19.5 Å². The number of ether oxygens (including phenoxy) is 1. The average molecular weight is 272 g/mol. The molecule has 0 aliphatic carbocycles. The van der Waals surface area contributed by atoms with Crippen LogP contribution < -0.4 is 4.74 Å². The largest absolute Gasteiger partial charge is 0.497 e. The van der Waals surface area contributed by atoms with Crippen LogP contribution in [-0.2, 0) is 6.54 Å². The Morgan fingerprint density at radius 3 is 2.89 bits per heavy atom. The number of likely N-dealkylation sites (tertiary alicyclic amines) is 1. The number of halogens is 2. The van der Waals surface area contributed by atoms with E-state index in [2.05, 4.69) is 11.8 Å². The zero-order chi connectivity index (χ0) is 13.1. The Morgan fingerprint density at radius 1 is 1.50 bits per heavy atom. The smallest absolute Gasteiger partial charge is 0.131 e. The van der Waals surface area contributed by atoms with E-state index < -0.39 is 0 Å². The molecule has 0 N–H and O–H groups in total. The second kappa shape index (κ2) is 5.89. The molecule has 4 heteroatoms. The van der Waals surface area contributed by atoms with Crippen LogP contribution in [-0.4, -0.2) is 30.5 Å². The predicted octanol–water partition coefficient (Wildman–Crippen LogP) is 3.28. The fourth-order valence-electron chi connectivity index (χ4n) is 2.54. The molecule has 1 aliphatic rings. The summed E-state index contributed by atoms with van der Waals surface area (Å²) in [5.74, 6) is 1.55. The van der Waals surface area contributed by atoms with Gasteiger partial charge < -0.3 is 4.74 Å². The first-order chi connectivity index (χ1) is 8.65. The Balaban J connectivity index is 2.09. The molecule has 2 atom stereocenters. The number of benzene rings is 1. The first kappa shape index (κ1) is 13.6. The van der Waals surface area contributed by atoms with E-state index in [4.69, 9.17) is 16.3 Å². The van der Waals surface area contributed by atoms with Gasteiger partial charge in [0.05, 0.1) is 7.11 Å². The minimum Gasteiger partial charge on any atom is -0.497 e. The summed E-state index contributed by atoms with van der Waals surface area (Å²) in [6.45, 7) is 3.82. The zero-order valence-electron chi connectivity index (χ0n) is 10.8. The summed E-state index contributed by atoms with van der Waals surface area (Å²) in [4.78, 5) is 2.27. The molecule has 0 bridgehead atoms. The van der Waals surface area contributed by atoms with Crippen molar-refractivity contribution in [2.24, 2.45) is 5.92 Å². The van der Waals surface area contributed by atoms with Gasteiger partial charge in [-0.15, -0.1) is 11.6 Å². The predicted molar refractivity (Wildman–Crippen MR) is 71.7 cm³/mol. The third kappa shape index (κ3) is 2.78. The molecule has 18 heavy (non-hydrogen) atoms. The van der Waals surface area contributed by atoms with Crippen molar-refractivity contribution in [3.8, 4) is 5.75 Å². The van der Waals surface area contributed by atoms with E-state index >= 15 is 0 Å². The Bertz CT molecular complexity index is 413. The lowest BCUT2D eigenvalue weighted by Crippen LogP contribution is -2.33. The van der Waals surface area contributed by atoms with Crippen molar-refractivity contribution in [1.29, 1.82) is 0 Å². The summed E-state index contributed by atoms with van der Waals surface area (Å²) in [6, 6.07) is 5.38. The van der Waals surface area contributed by atoms with Crippen molar-refractivity contribution < 1.29 is 9.13 Å². The van der Waals surface area contributed by atoms with Crippen LogP contribution in [0.3, 0.4) is 0 Å². The molecule has 0 saturated carbocycles. The molecular weight excluding hydrogens is 253 g/mol. The lowest BCUT2D eigenvalue weighted by atomic mass is 10.0. The Hall–Kier alpha value is -0.800. The van der Waals surface area contributed by atoms with Crippen molar-refractivity contribution in [2.45, 2.75) is 25.9 Å². The Morgan fingerprint density at radius 2 is 2.28 bits per heavy atom. The van der Waals surface area contributed by atoms with Crippen molar-refractivity contribution in [3.05, 3.63) is 29.6 Å². The Labute approximate surface area is 113 Å². The number of alkyl halides is 1. The van der Waals surface area contributed by atoms with Crippen LogP contribution in [0.25, 0.3) is 0 Å². The van der Waals surface area contributed by atoms with E-state index in [1.54, 1.807) is 19.2 Å². The van der Waals surface area contributed by atoms with Gasteiger partial charge in [-0.1, -0.05) is 13.0 Å². The number of hydrogen-bond acceptors (Lipinski definition) is 2. The van der Waals surface area contributed by atoms with Gasteiger partial charge in [0.2, 0.25) is 0 Å². The summed E-state index contributed by atoms with van der Waals surface area (Å²) in [7, 11) is 1.54. The van der Waals surface area contributed by atoms with E-state index in [-0.39, 0.29) is 5.82 Å². The number of rotatable bonds is 4. The van der Waals surface area contributed by atoms with Gasteiger partial charge in [0.25, 0.3) is 0 Å². The van der Waals surface area contributed by atoms with Crippen LogP contribution in [0.2, 0.25) is 0 Å². The minimum absolute atomic E-state index is 0.206. The van der Waals surface area contributed by atoms with Crippen LogP contribution in [0.15, 0.2) is 18.2 Å². The van der Waals surface area contributed by atoms with Crippen LogP contribution in [0.4, 0.5) is 4.39 Å². The Kier molecular flexibility index (Phi) is 4.46. The highest BCUT2D eigenvalue weighted by Crippen LogP contribution is 2.27. The quantitative estimate of drug-likeness (QED) is 0.780. The maximum Gasteiger partial charge on any atom is 0.131 e. The maximum absolute atomic E-state index is 13.9. The molecule has 1 aliphatic heterocycles. The lowest BCUT2D eigenvalue weighted by molar-refractivity contribution is 0.239. The summed E-state index contributed by atoms with van der Waals surface area (Å²) < 4.78 is 18.9. The van der Waals surface area contributed by atoms with E-state index in [0.717, 1.165) is 13.0 Å². The third-order valence-corrected chi connectivity index (χ3v) is 4.11. The van der Waals surface area contributed by atoms with Gasteiger partial charge in [-0.25, -0.2) is 4.39 Å². The molecule has 1 aromatic rings. The van der Waals surface area contributed by atoms with Gasteiger partial charge in [-0.05, 0) is 24.9 Å². The van der Waals surface area contributed by atoms with E-state index in [9.17, 15) is 4.39 Å². The van der Waals surface area contributed by atoms with Crippen LogP contribution in [0, 0.1) is 11.7 Å². The second-order valence-electron chi connectivity index (χ2n) is 4.92. The summed E-state index contributed by atoms with van der Waals surface area (Å²) >= 11 is 6.00. The fraction of sp³-hybridized carbons (Fsp3) is 0.571. The van der Waals surface area contributed by atoms with Crippen LogP contribution in [0.5, 0.6) is 5.75 Å². The van der Waals surface area contributed by atoms with Crippen molar-refractivity contribution >= 4 is 11.6 Å². The highest BCUT2D eigenvalue weighted by Gasteiger charge is 2.30. The van der Waals surface area contributed by atoms with Crippen molar-refractivity contribution in [1.82, 2.24) is 4.90 Å². The summed E-state index contributed by atoms with van der Waals surface area (Å²) in [5.41, 5.74) is 0.708. The molecule has 2 unspecified atom stereocenters. The second-order valence-corrected chi connectivity index (χ2v) is 5.22. The molecule has 0 radical (unpaired) electrons. The highest BCUT2D eigenvalue weighted by molar-refractivity contribution is 6.18. The number of methoxy groups -OCH3 is 1. The minimum atomic E-state index is -0.206. The summed E-state index contributed by atoms with van der Waals surface area (Å²) in [5, 5.41) is 0. The first-order valence-corrected chi connectivity index (χ1v) is 6.81. The van der Waals surface area contributed by atoms with E-state index in [0.29, 0.717) is 35.7 Å². The van der Waals surface area contributed by atoms with Gasteiger partial charge in [0, 0.05) is 30.1 Å². The maximum atomic E-state index is 13.9. The fourth-order valence-corrected chi connectivity index (χ4v) is 3.03. The molecule has 1 fully saturated rings. The molecular formula is C14H19ClFNO. The first-order valence-electron chi connectivity index (χ1n) is 6.28. The lowest BCUT2D eigenvalue weighted by Gasteiger charge is -2.25. The van der Waals surface area contributed by atoms with Gasteiger partial charge >= 0.3 is 0 Å². The molecule has 0 spiro atoms. The molecule has 0 aromatic heterocycles. The standard InChI is InChI=1S/C14H19ClFNO/c1-10-5-6-17(14(10)8-15)9-11-3-4-12(18-2)7-13(11)16/h3-4,7,10,14H,5-6,8-9H2,1-2H3. The molecule has 2 rings (SSSR count). The molecule has 1 aromatic carbocycles. The average Bonchev–Trinajstić information content (AvgIpc) is 2.72. The monoisotopic (exact) mass is 271 g/mol. The van der Waals surface area contributed by atoms with Gasteiger partial charge in [-0.3, -0.25) is 4.90 Å². The van der Waals surface area contributed by atoms with Gasteiger partial charge in [0.15, 0.2) is 0 Å². The van der Waals surface area contributed by atoms with E-state index in [1.807, 2.05) is 0 Å². The van der Waals surface area contributed by atoms with Gasteiger partial charge in [-0.2, -0.15) is 0 Å². The topological polar surface area (TPSA) is 12.5 Å². The molecule has 1 saturated heterocycles. The summed E-state index contributed by atoms with van der Waals surface area (Å²) in [6.07, 6.45) is 1.13. The zero-order valence-corrected chi connectivity index (χ0v) is 11.6. The normalized spacial score (nSPS) is 24.4. The van der Waals surface area contributed by atoms with Crippen LogP contribution in [0.1, 0.15) is 18.9 Å². The highest BCUT2D eigenvalue weighted by atomic mass is 35.5. The molecule has 1 heterocycles. The molecule has 0 amide bonds. The number of nitrogens with zero attached hydrogens (tertiary/aromatic N) is 1. The van der Waals surface area contributed by atoms with Crippen molar-refractivity contribution in [3.63, 3.8) is 0 Å². The molecule has 100 valence electrons. The van der Waals surface area contributed by atoms with E-state index in [1.165, 1.54) is 6.07 Å². The van der Waals surface area contributed by atoms with Gasteiger partial charge in [0.1, 0.15) is 11.6 Å². The van der Waals surface area contributed by atoms with Crippen LogP contribution >= 0.6 is 11.6 Å².